The van der Waals surface area contributed by atoms with Crippen LogP contribution in [-0.2, 0) is 0 Å². The predicted octanol–water partition coefficient (Wildman–Crippen LogP) is 5.21. The van der Waals surface area contributed by atoms with Crippen LogP contribution in [0.4, 0.5) is 0 Å². The Hall–Kier alpha value is -1.76. The average Bonchev–Trinajstić information content (AvgIpc) is 3.00. The second kappa shape index (κ2) is 10.9. The molecule has 0 atom stereocenters. The number of hydrogen-bond acceptors (Lipinski definition) is 6. The Labute approximate surface area is 196 Å². The zero-order valence-corrected chi connectivity index (χ0v) is 20.7. The van der Waals surface area contributed by atoms with Crippen LogP contribution >= 0.6 is 11.3 Å². The number of Topliss-reactive ketones (excluding diaryl/α,β-unsaturated/α-hetero) is 1. The molecule has 1 aromatic heterocycles. The number of carbonyl (C=O) groups excluding carboxylic acids is 1. The van der Waals surface area contributed by atoms with E-state index in [2.05, 4.69) is 22.8 Å². The molecule has 3 heterocycles. The molecule has 0 bridgehead atoms. The molecule has 2 saturated heterocycles. The van der Waals surface area contributed by atoms with Crippen molar-refractivity contribution in [3.63, 3.8) is 0 Å². The molecule has 32 heavy (non-hydrogen) atoms. The van der Waals surface area contributed by atoms with Gasteiger partial charge in [0.15, 0.2) is 5.78 Å². The van der Waals surface area contributed by atoms with Crippen LogP contribution in [-0.4, -0.2) is 66.9 Å². The molecule has 2 fully saturated rings. The van der Waals surface area contributed by atoms with Crippen LogP contribution in [0.25, 0.3) is 10.6 Å². The van der Waals surface area contributed by atoms with Crippen molar-refractivity contribution < 1.29 is 9.53 Å². The maximum absolute atomic E-state index is 13.1. The smallest absolute Gasteiger partial charge is 0.188 e. The zero-order valence-electron chi connectivity index (χ0n) is 19.9. The SMILES string of the molecule is COc1ccc(C)cc1-c1nc(C)c(C(=O)CN2CCC(CN3CCCCCC3)CC2)s1. The Kier molecular flexibility index (Phi) is 7.98. The molecule has 0 aliphatic carbocycles. The highest BCUT2D eigenvalue weighted by atomic mass is 32.1. The summed E-state index contributed by atoms with van der Waals surface area (Å²) in [5, 5.41) is 0.863. The predicted molar refractivity (Wildman–Crippen MR) is 132 cm³/mol. The molecular weight excluding hydrogens is 418 g/mol. The van der Waals surface area contributed by atoms with Crippen LogP contribution in [0.5, 0.6) is 5.75 Å². The van der Waals surface area contributed by atoms with Gasteiger partial charge in [0, 0.05) is 6.54 Å². The van der Waals surface area contributed by atoms with Crippen molar-refractivity contribution in [3.05, 3.63) is 34.3 Å². The normalized spacial score (nSPS) is 19.1. The number of aryl methyl sites for hydroxylation is 2. The lowest BCUT2D eigenvalue weighted by atomic mass is 9.96. The molecule has 1 aromatic carbocycles. The second-order valence-electron chi connectivity index (χ2n) is 9.49. The molecule has 6 heteroatoms. The van der Waals surface area contributed by atoms with Gasteiger partial charge in [-0.1, -0.05) is 24.5 Å². The standard InChI is InChI=1S/C26H37N3O2S/c1-19-8-9-24(31-3)22(16-19)26-27-20(2)25(32-26)23(30)18-29-14-10-21(11-15-29)17-28-12-6-4-5-7-13-28/h8-9,16,21H,4-7,10-15,17-18H2,1-3H3. The van der Waals surface area contributed by atoms with E-state index >= 15 is 0 Å². The van der Waals surface area contributed by atoms with Gasteiger partial charge in [-0.15, -0.1) is 11.3 Å². The number of nitrogens with zero attached hydrogens (tertiary/aromatic N) is 3. The fourth-order valence-electron chi connectivity index (χ4n) is 5.05. The van der Waals surface area contributed by atoms with Crippen molar-refractivity contribution >= 4 is 17.1 Å². The number of ketones is 1. The lowest BCUT2D eigenvalue weighted by Crippen LogP contribution is -2.41. The Bertz CT molecular complexity index is 910. The van der Waals surface area contributed by atoms with Gasteiger partial charge in [0.05, 0.1) is 29.8 Å². The highest BCUT2D eigenvalue weighted by Crippen LogP contribution is 2.35. The number of ether oxygens (including phenoxy) is 1. The topological polar surface area (TPSA) is 45.7 Å². The van der Waals surface area contributed by atoms with E-state index in [0.717, 1.165) is 51.5 Å². The van der Waals surface area contributed by atoms with Crippen molar-refractivity contribution in [3.8, 4) is 16.3 Å². The number of benzene rings is 1. The van der Waals surface area contributed by atoms with E-state index in [4.69, 9.17) is 9.72 Å². The lowest BCUT2D eigenvalue weighted by molar-refractivity contribution is 0.0880. The molecule has 4 rings (SSSR count). The molecule has 0 unspecified atom stereocenters. The summed E-state index contributed by atoms with van der Waals surface area (Å²) in [4.78, 5) is 23.7. The number of hydrogen-bond donors (Lipinski definition) is 0. The highest BCUT2D eigenvalue weighted by Gasteiger charge is 2.25. The summed E-state index contributed by atoms with van der Waals surface area (Å²) in [5.74, 6) is 1.78. The van der Waals surface area contributed by atoms with Crippen LogP contribution in [0.3, 0.4) is 0 Å². The minimum atomic E-state index is 0.198. The highest BCUT2D eigenvalue weighted by molar-refractivity contribution is 7.17. The van der Waals surface area contributed by atoms with E-state index < -0.39 is 0 Å². The molecule has 2 aromatic rings. The largest absolute Gasteiger partial charge is 0.496 e. The quantitative estimate of drug-likeness (QED) is 0.537. The van der Waals surface area contributed by atoms with Crippen LogP contribution in [0.2, 0.25) is 0 Å². The molecule has 174 valence electrons. The van der Waals surface area contributed by atoms with Gasteiger partial charge in [-0.2, -0.15) is 0 Å². The molecule has 0 saturated carbocycles. The summed E-state index contributed by atoms with van der Waals surface area (Å²) in [6.45, 7) is 10.4. The molecule has 5 nitrogen and oxygen atoms in total. The molecule has 0 radical (unpaired) electrons. The van der Waals surface area contributed by atoms with Crippen LogP contribution < -0.4 is 4.74 Å². The minimum absolute atomic E-state index is 0.198. The van der Waals surface area contributed by atoms with E-state index in [1.54, 1.807) is 7.11 Å². The maximum atomic E-state index is 13.1. The maximum Gasteiger partial charge on any atom is 0.188 e. The van der Waals surface area contributed by atoms with Gasteiger partial charge in [-0.05, 0) is 83.8 Å². The van der Waals surface area contributed by atoms with Crippen molar-refractivity contribution in [1.29, 1.82) is 0 Å². The zero-order chi connectivity index (χ0) is 22.5. The van der Waals surface area contributed by atoms with Gasteiger partial charge in [-0.3, -0.25) is 9.69 Å². The number of piperidine rings is 1. The number of likely N-dealkylation sites (tertiary alicyclic amines) is 2. The number of rotatable bonds is 7. The first-order valence-electron chi connectivity index (χ1n) is 12.1. The second-order valence-corrected chi connectivity index (χ2v) is 10.5. The first-order chi connectivity index (χ1) is 15.5. The summed E-state index contributed by atoms with van der Waals surface area (Å²) in [6.07, 6.45) is 7.92. The monoisotopic (exact) mass is 455 g/mol. The van der Waals surface area contributed by atoms with Gasteiger partial charge >= 0.3 is 0 Å². The fourth-order valence-corrected chi connectivity index (χ4v) is 6.06. The summed E-state index contributed by atoms with van der Waals surface area (Å²) in [7, 11) is 1.68. The molecule has 0 spiro atoms. The summed E-state index contributed by atoms with van der Waals surface area (Å²) in [5.41, 5.74) is 2.95. The number of thiazole rings is 1. The summed E-state index contributed by atoms with van der Waals surface area (Å²) >= 11 is 1.50. The van der Waals surface area contributed by atoms with E-state index in [0.29, 0.717) is 6.54 Å². The Morgan fingerprint density at radius 1 is 1.06 bits per heavy atom. The van der Waals surface area contributed by atoms with E-state index in [1.165, 1.54) is 69.5 Å². The van der Waals surface area contributed by atoms with Gasteiger partial charge in [0.1, 0.15) is 10.8 Å². The van der Waals surface area contributed by atoms with E-state index in [9.17, 15) is 4.79 Å². The van der Waals surface area contributed by atoms with Gasteiger partial charge in [-0.25, -0.2) is 4.98 Å². The number of aromatic nitrogens is 1. The minimum Gasteiger partial charge on any atom is -0.496 e. The first-order valence-corrected chi connectivity index (χ1v) is 13.0. The van der Waals surface area contributed by atoms with Gasteiger partial charge in [0.2, 0.25) is 0 Å². The van der Waals surface area contributed by atoms with E-state index in [1.807, 2.05) is 19.1 Å². The van der Waals surface area contributed by atoms with Crippen molar-refractivity contribution in [2.75, 3.05) is 46.4 Å². The van der Waals surface area contributed by atoms with Crippen LogP contribution in [0, 0.1) is 19.8 Å². The Morgan fingerprint density at radius 3 is 2.47 bits per heavy atom. The van der Waals surface area contributed by atoms with Crippen molar-refractivity contribution in [2.45, 2.75) is 52.4 Å². The molecule has 0 N–H and O–H groups in total. The molecule has 2 aliphatic rings. The third-order valence-corrected chi connectivity index (χ3v) is 8.16. The summed E-state index contributed by atoms with van der Waals surface area (Å²) < 4.78 is 5.53. The Balaban J connectivity index is 1.34. The molecular formula is C26H37N3O2S. The van der Waals surface area contributed by atoms with Crippen LogP contribution in [0.1, 0.15) is 59.5 Å². The van der Waals surface area contributed by atoms with Crippen molar-refractivity contribution in [1.82, 2.24) is 14.8 Å². The van der Waals surface area contributed by atoms with Crippen molar-refractivity contribution in [2.24, 2.45) is 5.92 Å². The average molecular weight is 456 g/mol. The van der Waals surface area contributed by atoms with Gasteiger partial charge < -0.3 is 9.64 Å². The number of carbonyl (C=O) groups is 1. The fraction of sp³-hybridized carbons (Fsp3) is 0.615. The third-order valence-electron chi connectivity index (χ3n) is 6.92. The van der Waals surface area contributed by atoms with Crippen LogP contribution in [0.15, 0.2) is 18.2 Å². The summed E-state index contributed by atoms with van der Waals surface area (Å²) in [6, 6.07) is 6.09. The lowest BCUT2D eigenvalue weighted by Gasteiger charge is -2.34. The third kappa shape index (κ3) is 5.77. The molecule has 2 aliphatic heterocycles. The van der Waals surface area contributed by atoms with E-state index in [-0.39, 0.29) is 5.78 Å². The van der Waals surface area contributed by atoms with Gasteiger partial charge in [0.25, 0.3) is 0 Å². The first kappa shape index (κ1) is 23.4. The number of methoxy groups -OCH3 is 1. The molecule has 0 amide bonds. The Morgan fingerprint density at radius 2 is 1.78 bits per heavy atom.